The first-order valence-corrected chi connectivity index (χ1v) is 14.0. The molecule has 0 aliphatic rings. The van der Waals surface area contributed by atoms with Gasteiger partial charge in [-0.1, -0.05) is 0 Å². The minimum atomic E-state index is -1.49. The van der Waals surface area contributed by atoms with Crippen molar-refractivity contribution in [3.63, 3.8) is 0 Å². The van der Waals surface area contributed by atoms with Crippen molar-refractivity contribution in [3.05, 3.63) is 29.8 Å². The van der Waals surface area contributed by atoms with E-state index < -0.39 is 53.9 Å². The van der Waals surface area contributed by atoms with Crippen LogP contribution in [0.1, 0.15) is 62.7 Å². The number of amides is 2. The van der Waals surface area contributed by atoms with E-state index in [0.717, 1.165) is 0 Å². The van der Waals surface area contributed by atoms with E-state index in [2.05, 4.69) is 15.4 Å². The monoisotopic (exact) mass is 624 g/mol. The average Bonchev–Trinajstić information content (AvgIpc) is 2.97. The molecule has 1 aromatic rings. The largest absolute Gasteiger partial charge is 0.490 e. The highest BCUT2D eigenvalue weighted by atomic mass is 16.6. The van der Waals surface area contributed by atoms with Gasteiger partial charge in [-0.25, -0.2) is 0 Å². The Kier molecular flexibility index (Phi) is 18.1. The fraction of sp³-hybridized carbons (Fsp3) is 0.552. The van der Waals surface area contributed by atoms with Crippen LogP contribution >= 0.6 is 0 Å². The van der Waals surface area contributed by atoms with E-state index in [4.69, 9.17) is 18.9 Å². The van der Waals surface area contributed by atoms with Gasteiger partial charge in [0.2, 0.25) is 11.8 Å². The third kappa shape index (κ3) is 18.1. The first-order chi connectivity index (χ1) is 20.9. The molecule has 0 saturated heterocycles. The molecule has 0 aliphatic carbocycles. The normalized spacial score (nSPS) is 10.6. The van der Waals surface area contributed by atoms with Crippen molar-refractivity contribution >= 4 is 42.0 Å². The highest BCUT2D eigenvalue weighted by Gasteiger charge is 2.25. The van der Waals surface area contributed by atoms with Crippen LogP contribution in [0.2, 0.25) is 0 Å². The number of nitrogens with one attached hydrogen (secondary N) is 2. The predicted molar refractivity (Wildman–Crippen MR) is 151 cm³/mol. The van der Waals surface area contributed by atoms with Crippen LogP contribution in [0.4, 0.5) is 0 Å². The molecule has 3 N–H and O–H groups in total. The van der Waals surface area contributed by atoms with Gasteiger partial charge in [0.05, 0.1) is 6.61 Å². The summed E-state index contributed by atoms with van der Waals surface area (Å²) < 4.78 is 24.6. The molecule has 2 amide bonds. The molecule has 0 aliphatic heterocycles. The van der Waals surface area contributed by atoms with Gasteiger partial charge >= 0.3 is 17.9 Å². The van der Waals surface area contributed by atoms with Gasteiger partial charge in [0.25, 0.3) is 6.47 Å². The van der Waals surface area contributed by atoms with E-state index in [1.165, 1.54) is 26.0 Å². The minimum absolute atomic E-state index is 0.000857. The first-order valence-electron chi connectivity index (χ1n) is 14.0. The van der Waals surface area contributed by atoms with Crippen LogP contribution in [0.5, 0.6) is 5.75 Å². The molecular formula is C29H40N2O13. The summed E-state index contributed by atoms with van der Waals surface area (Å²) in [6.45, 7) is 3.08. The number of carbonyl (C=O) groups is 7. The zero-order valence-electron chi connectivity index (χ0n) is 24.9. The lowest BCUT2D eigenvalue weighted by Crippen LogP contribution is -2.36. The lowest BCUT2D eigenvalue weighted by atomic mass is 9.97. The summed E-state index contributed by atoms with van der Waals surface area (Å²) in [4.78, 5) is 80.7. The van der Waals surface area contributed by atoms with Crippen LogP contribution in [0.3, 0.4) is 0 Å². The standard InChI is InChI=1S/C29H40N2O13/c1-29(2,39)28(38)21-7-9-22(10-8-21)41-16-17-44-27(37)19-24(34)31-12-11-30-23(33)18-26(36)42-13-5-3-4-6-25(35)43-15-14-40-20-32/h7-10,20,39H,3-6,11-19H2,1-2H3,(H,30,33)(H,31,34). The number of hydrogen-bond acceptors (Lipinski definition) is 13. The molecule has 0 aromatic heterocycles. The smallest absolute Gasteiger partial charge is 0.315 e. The second-order valence-corrected chi connectivity index (χ2v) is 9.75. The van der Waals surface area contributed by atoms with Crippen LogP contribution in [-0.2, 0) is 47.7 Å². The summed E-state index contributed by atoms with van der Waals surface area (Å²) in [6, 6.07) is 6.10. The minimum Gasteiger partial charge on any atom is -0.490 e. The number of unbranched alkanes of at least 4 members (excludes halogenated alkanes) is 2. The van der Waals surface area contributed by atoms with Gasteiger partial charge in [-0.05, 0) is 57.4 Å². The average molecular weight is 625 g/mol. The summed E-state index contributed by atoms with van der Waals surface area (Å²) in [7, 11) is 0. The number of ether oxygens (including phenoxy) is 5. The summed E-state index contributed by atoms with van der Waals surface area (Å²) >= 11 is 0. The SMILES string of the molecule is CC(C)(O)C(=O)c1ccc(OCCOC(=O)CC(=O)NCCNC(=O)CC(=O)OCCCCCC(=O)OCCOC=O)cc1. The fourth-order valence-corrected chi connectivity index (χ4v) is 3.32. The van der Waals surface area contributed by atoms with Gasteiger partial charge in [0, 0.05) is 25.1 Å². The van der Waals surface area contributed by atoms with Crippen molar-refractivity contribution in [2.24, 2.45) is 0 Å². The Balaban J connectivity index is 2.05. The fourth-order valence-electron chi connectivity index (χ4n) is 3.32. The van der Waals surface area contributed by atoms with E-state index in [1.807, 2.05) is 0 Å². The van der Waals surface area contributed by atoms with Crippen LogP contribution in [0, 0.1) is 0 Å². The number of esters is 3. The number of Topliss-reactive ketones (excluding diaryl/α,β-unsaturated/α-hetero) is 1. The van der Waals surface area contributed by atoms with Gasteiger partial charge < -0.3 is 39.4 Å². The maximum atomic E-state index is 12.0. The third-order valence-corrected chi connectivity index (χ3v) is 5.49. The van der Waals surface area contributed by atoms with E-state index >= 15 is 0 Å². The lowest BCUT2D eigenvalue weighted by Gasteiger charge is -2.15. The summed E-state index contributed by atoms with van der Waals surface area (Å²) in [6.07, 6.45) is 0.766. The number of aliphatic hydroxyl groups is 1. The van der Waals surface area contributed by atoms with Gasteiger partial charge in [0.1, 0.15) is 50.6 Å². The molecule has 0 fully saturated rings. The van der Waals surface area contributed by atoms with Crippen LogP contribution < -0.4 is 15.4 Å². The molecular weight excluding hydrogens is 584 g/mol. The van der Waals surface area contributed by atoms with E-state index in [0.29, 0.717) is 30.6 Å². The zero-order chi connectivity index (χ0) is 32.8. The molecule has 0 unspecified atom stereocenters. The Hall–Kier alpha value is -4.53. The molecule has 0 atom stereocenters. The molecule has 15 nitrogen and oxygen atoms in total. The molecule has 0 bridgehead atoms. The molecule has 1 aromatic carbocycles. The van der Waals surface area contributed by atoms with Gasteiger partial charge in [-0.3, -0.25) is 33.6 Å². The maximum absolute atomic E-state index is 12.0. The van der Waals surface area contributed by atoms with Gasteiger partial charge in [0.15, 0.2) is 5.78 Å². The molecule has 44 heavy (non-hydrogen) atoms. The van der Waals surface area contributed by atoms with E-state index in [9.17, 15) is 38.7 Å². The van der Waals surface area contributed by atoms with Crippen LogP contribution in [-0.4, -0.2) is 98.8 Å². The number of carbonyl (C=O) groups excluding carboxylic acids is 7. The number of rotatable bonds is 23. The van der Waals surface area contributed by atoms with Crippen LogP contribution in [0.25, 0.3) is 0 Å². The predicted octanol–water partition coefficient (Wildman–Crippen LogP) is 0.395. The quantitative estimate of drug-likeness (QED) is 0.0376. The van der Waals surface area contributed by atoms with Crippen molar-refractivity contribution in [2.75, 3.05) is 46.1 Å². The van der Waals surface area contributed by atoms with Gasteiger partial charge in [-0.15, -0.1) is 0 Å². The first kappa shape index (κ1) is 37.5. The summed E-state index contributed by atoms with van der Waals surface area (Å²) in [5, 5.41) is 14.7. The van der Waals surface area contributed by atoms with Crippen molar-refractivity contribution in [3.8, 4) is 5.75 Å². The molecule has 15 heteroatoms. The summed E-state index contributed by atoms with van der Waals surface area (Å²) in [5.41, 5.74) is -1.17. The Labute approximate surface area is 254 Å². The third-order valence-electron chi connectivity index (χ3n) is 5.49. The molecule has 0 heterocycles. The molecule has 244 valence electrons. The Morgan fingerprint density at radius 2 is 1.27 bits per heavy atom. The lowest BCUT2D eigenvalue weighted by molar-refractivity contribution is -0.148. The number of ketones is 1. The highest BCUT2D eigenvalue weighted by Crippen LogP contribution is 2.17. The second kappa shape index (κ2) is 21.2. The van der Waals surface area contributed by atoms with Crippen molar-refractivity contribution in [2.45, 2.75) is 58.0 Å². The molecule has 0 spiro atoms. The highest BCUT2D eigenvalue weighted by molar-refractivity contribution is 6.01. The van der Waals surface area contributed by atoms with E-state index in [-0.39, 0.29) is 59.0 Å². The Bertz CT molecular complexity index is 1100. The maximum Gasteiger partial charge on any atom is 0.315 e. The summed E-state index contributed by atoms with van der Waals surface area (Å²) in [5.74, 6) is -3.13. The van der Waals surface area contributed by atoms with Crippen molar-refractivity contribution in [1.29, 1.82) is 0 Å². The molecule has 0 radical (unpaired) electrons. The van der Waals surface area contributed by atoms with E-state index in [1.54, 1.807) is 12.1 Å². The topological polar surface area (TPSA) is 210 Å². The number of benzene rings is 1. The van der Waals surface area contributed by atoms with Crippen molar-refractivity contribution in [1.82, 2.24) is 10.6 Å². The Morgan fingerprint density at radius 1 is 0.727 bits per heavy atom. The molecule has 1 rings (SSSR count). The molecule has 0 saturated carbocycles. The zero-order valence-corrected chi connectivity index (χ0v) is 24.9. The van der Waals surface area contributed by atoms with Crippen LogP contribution in [0.15, 0.2) is 24.3 Å². The Morgan fingerprint density at radius 3 is 1.84 bits per heavy atom. The van der Waals surface area contributed by atoms with Gasteiger partial charge in [-0.2, -0.15) is 0 Å². The number of hydrogen-bond donors (Lipinski definition) is 3. The van der Waals surface area contributed by atoms with Crippen molar-refractivity contribution < 1.29 is 62.4 Å². The second-order valence-electron chi connectivity index (χ2n) is 9.75.